The summed E-state index contributed by atoms with van der Waals surface area (Å²) in [5.74, 6) is -0.000464. The highest BCUT2D eigenvalue weighted by atomic mass is 15.1. The zero-order chi connectivity index (χ0) is 28.1. The van der Waals surface area contributed by atoms with Crippen LogP contribution in [-0.4, -0.2) is 0 Å². The Morgan fingerprint density at radius 1 is 0.805 bits per heavy atom. The molecule has 2 aliphatic heterocycles. The molecule has 4 heteroatoms. The van der Waals surface area contributed by atoms with E-state index in [1.165, 1.54) is 16.7 Å². The fraction of sp³-hybridized carbons (Fsp3) is 0.135. The van der Waals surface area contributed by atoms with Gasteiger partial charge in [-0.15, -0.1) is 0 Å². The summed E-state index contributed by atoms with van der Waals surface area (Å²) >= 11 is 0. The summed E-state index contributed by atoms with van der Waals surface area (Å²) in [4.78, 5) is 0. The number of rotatable bonds is 1. The zero-order valence-electron chi connectivity index (χ0n) is 22.9. The molecule has 0 N–H and O–H groups in total. The van der Waals surface area contributed by atoms with Crippen molar-refractivity contribution in [1.29, 1.82) is 10.5 Å². The van der Waals surface area contributed by atoms with Gasteiger partial charge in [0.25, 0.3) is 0 Å². The second-order valence-corrected chi connectivity index (χ2v) is 11.0. The molecule has 0 aliphatic carbocycles. The number of nitrogens with zero attached hydrogens (tertiary/aromatic N) is 4. The number of allylic oxidation sites excluding steroid dienone is 1. The van der Waals surface area contributed by atoms with Gasteiger partial charge in [0.2, 0.25) is 23.1 Å². The maximum Gasteiger partial charge on any atom is 0.249 e. The van der Waals surface area contributed by atoms with Crippen LogP contribution >= 0.6 is 0 Å². The van der Waals surface area contributed by atoms with Gasteiger partial charge < -0.3 is 0 Å². The van der Waals surface area contributed by atoms with Crippen molar-refractivity contribution in [3.63, 3.8) is 0 Å². The van der Waals surface area contributed by atoms with Crippen molar-refractivity contribution in [2.24, 2.45) is 0 Å². The lowest BCUT2D eigenvalue weighted by atomic mass is 9.76. The Bertz CT molecular complexity index is 1960. The van der Waals surface area contributed by atoms with Gasteiger partial charge in [0, 0.05) is 29.3 Å². The first kappa shape index (κ1) is 24.7. The van der Waals surface area contributed by atoms with Crippen molar-refractivity contribution in [1.82, 2.24) is 0 Å². The number of fused-ring (bicyclic) bond motifs is 9. The number of hydrogen-bond acceptors (Lipinski definition) is 2. The molecule has 0 radical (unpaired) electrons. The van der Waals surface area contributed by atoms with E-state index >= 15 is 0 Å². The summed E-state index contributed by atoms with van der Waals surface area (Å²) in [5.41, 5.74) is 12.1. The van der Waals surface area contributed by atoms with Crippen LogP contribution in [0.1, 0.15) is 46.2 Å². The third-order valence-electron chi connectivity index (χ3n) is 8.61. The highest BCUT2D eigenvalue weighted by Crippen LogP contribution is 2.46. The Morgan fingerprint density at radius 3 is 2.41 bits per heavy atom. The van der Waals surface area contributed by atoms with E-state index in [-0.39, 0.29) is 12.0 Å². The number of aryl methyl sites for hydroxylation is 2. The summed E-state index contributed by atoms with van der Waals surface area (Å²) in [5, 5.41) is 20.1. The topological polar surface area (TPSA) is 55.3 Å². The fourth-order valence-corrected chi connectivity index (χ4v) is 6.77. The molecule has 7 rings (SSSR count). The van der Waals surface area contributed by atoms with Gasteiger partial charge in [-0.2, -0.15) is 19.7 Å². The molecule has 2 unspecified atom stereocenters. The van der Waals surface area contributed by atoms with Gasteiger partial charge in [0.05, 0.1) is 34.7 Å². The van der Waals surface area contributed by atoms with Crippen LogP contribution in [0, 0.1) is 29.6 Å². The largest absolute Gasteiger partial charge is 0.249 e. The average Bonchev–Trinajstić information content (AvgIpc) is 3.07. The van der Waals surface area contributed by atoms with Crippen molar-refractivity contribution in [3.05, 3.63) is 138 Å². The number of aromatic nitrogens is 2. The maximum absolute atomic E-state index is 10.3. The van der Waals surface area contributed by atoms with Crippen LogP contribution in [0.5, 0.6) is 0 Å². The first-order valence-corrected chi connectivity index (χ1v) is 14.0. The first-order valence-electron chi connectivity index (χ1n) is 14.0. The molecule has 2 aromatic heterocycles. The van der Waals surface area contributed by atoms with Crippen LogP contribution in [-0.2, 0) is 6.42 Å². The van der Waals surface area contributed by atoms with Gasteiger partial charge in [0.1, 0.15) is 0 Å². The van der Waals surface area contributed by atoms with Crippen LogP contribution in [0.25, 0.3) is 39.3 Å². The van der Waals surface area contributed by atoms with E-state index in [1.54, 1.807) is 6.07 Å². The molecule has 0 fully saturated rings. The Balaban J connectivity index is 1.52. The standard InChI is InChI=1S/C37H28N4/c1-24-12-15-34-33-19-26(21-38)18-30(22-39)36(33)32-14-13-28-10-6-7-11-31(28)35-20-29(27-8-4-3-5-9-27)16-17-40(35)25(2)37(32)41(34)23-24/h3-12,15-20,23,32,37H,2,13-14H2,1H3/q+2. The SMILES string of the molecule is C=C1C2C(CCc3ccccc3-c3cc(-c4ccccc4)cc[n+]31)c1c(C#N)cc(C#N)cc1-c1ccc(C)c[n+]12. The van der Waals surface area contributed by atoms with Gasteiger partial charge in [-0.25, -0.2) is 0 Å². The number of benzene rings is 3. The second kappa shape index (κ2) is 9.70. The molecule has 3 aromatic carbocycles. The summed E-state index contributed by atoms with van der Waals surface area (Å²) in [7, 11) is 0. The van der Waals surface area contributed by atoms with Gasteiger partial charge >= 0.3 is 0 Å². The molecule has 194 valence electrons. The smallest absolute Gasteiger partial charge is 0.192 e. The number of nitriles is 2. The molecule has 0 amide bonds. The van der Waals surface area contributed by atoms with E-state index in [0.717, 1.165) is 52.2 Å². The van der Waals surface area contributed by atoms with Crippen LogP contribution < -0.4 is 9.13 Å². The van der Waals surface area contributed by atoms with Crippen LogP contribution in [0.2, 0.25) is 0 Å². The minimum Gasteiger partial charge on any atom is -0.192 e. The minimum atomic E-state index is -0.113. The molecule has 0 spiro atoms. The van der Waals surface area contributed by atoms with Crippen molar-refractivity contribution in [3.8, 4) is 45.8 Å². The quantitative estimate of drug-likeness (QED) is 0.219. The molecule has 4 heterocycles. The van der Waals surface area contributed by atoms with Crippen LogP contribution in [0.4, 0.5) is 0 Å². The van der Waals surface area contributed by atoms with E-state index in [4.69, 9.17) is 6.58 Å². The summed E-state index contributed by atoms with van der Waals surface area (Å²) < 4.78 is 4.57. The number of hydrogen-bond donors (Lipinski definition) is 0. The molecule has 41 heavy (non-hydrogen) atoms. The predicted octanol–water partition coefficient (Wildman–Crippen LogP) is 7.07. The van der Waals surface area contributed by atoms with Crippen LogP contribution in [0.15, 0.2) is 110 Å². The third kappa shape index (κ3) is 3.96. The van der Waals surface area contributed by atoms with E-state index < -0.39 is 0 Å². The van der Waals surface area contributed by atoms with Gasteiger partial charge in [-0.3, -0.25) is 0 Å². The summed E-state index contributed by atoms with van der Waals surface area (Å²) in [6, 6.07) is 36.1. The monoisotopic (exact) mass is 528 g/mol. The molecule has 0 saturated carbocycles. The van der Waals surface area contributed by atoms with E-state index in [0.29, 0.717) is 11.1 Å². The molecular formula is C37H28N4+2. The molecule has 2 atom stereocenters. The molecule has 5 aromatic rings. The molecule has 4 nitrogen and oxygen atoms in total. The zero-order valence-corrected chi connectivity index (χ0v) is 22.9. The van der Waals surface area contributed by atoms with Crippen molar-refractivity contribution < 1.29 is 9.13 Å². The second-order valence-electron chi connectivity index (χ2n) is 11.0. The molecular weight excluding hydrogens is 500 g/mol. The van der Waals surface area contributed by atoms with E-state index in [9.17, 15) is 10.5 Å². The Morgan fingerprint density at radius 2 is 1.61 bits per heavy atom. The van der Waals surface area contributed by atoms with Gasteiger partial charge in [-0.1, -0.05) is 48.5 Å². The van der Waals surface area contributed by atoms with Crippen molar-refractivity contribution >= 4 is 5.70 Å². The lowest BCUT2D eigenvalue weighted by molar-refractivity contribution is -0.727. The highest BCUT2D eigenvalue weighted by Gasteiger charge is 2.48. The molecule has 0 saturated heterocycles. The van der Waals surface area contributed by atoms with Crippen molar-refractivity contribution in [2.75, 3.05) is 0 Å². The molecule has 2 aliphatic rings. The highest BCUT2D eigenvalue weighted by molar-refractivity contribution is 5.73. The lowest BCUT2D eigenvalue weighted by Crippen LogP contribution is -2.53. The third-order valence-corrected chi connectivity index (χ3v) is 8.61. The van der Waals surface area contributed by atoms with E-state index in [2.05, 4.69) is 113 Å². The van der Waals surface area contributed by atoms with E-state index in [1.807, 2.05) is 12.1 Å². The van der Waals surface area contributed by atoms with Crippen LogP contribution in [0.3, 0.4) is 0 Å². The van der Waals surface area contributed by atoms with Crippen molar-refractivity contribution in [2.45, 2.75) is 31.7 Å². The number of pyridine rings is 2. The molecule has 0 bridgehead atoms. The summed E-state index contributed by atoms with van der Waals surface area (Å²) in [6.07, 6.45) is 6.03. The fourth-order valence-electron chi connectivity index (χ4n) is 6.77. The Labute approximate surface area is 240 Å². The van der Waals surface area contributed by atoms with Gasteiger partial charge in [-0.05, 0) is 72.9 Å². The normalized spacial score (nSPS) is 16.7. The minimum absolute atomic E-state index is 0.000464. The average molecular weight is 529 g/mol. The predicted molar refractivity (Wildman–Crippen MR) is 159 cm³/mol. The van der Waals surface area contributed by atoms with Gasteiger partial charge in [0.15, 0.2) is 12.4 Å². The maximum atomic E-state index is 10.3. The lowest BCUT2D eigenvalue weighted by Gasteiger charge is -2.30. The summed E-state index contributed by atoms with van der Waals surface area (Å²) in [6.45, 7) is 6.86. The Kier molecular flexibility index (Phi) is 5.84. The Hall–Kier alpha value is -5.32. The first-order chi connectivity index (χ1) is 20.1.